The van der Waals surface area contributed by atoms with Gasteiger partial charge in [0, 0.05) is 41.0 Å². The molecule has 2 aromatic heterocycles. The van der Waals surface area contributed by atoms with Crippen molar-refractivity contribution in [3.63, 3.8) is 0 Å². The molecule has 0 fully saturated rings. The van der Waals surface area contributed by atoms with Crippen LogP contribution in [0.15, 0.2) is 54.9 Å². The van der Waals surface area contributed by atoms with E-state index in [1.54, 1.807) is 12.4 Å². The molecule has 0 aliphatic rings. The molecule has 0 atom stereocenters. The van der Waals surface area contributed by atoms with Crippen LogP contribution in [0.3, 0.4) is 0 Å². The highest BCUT2D eigenvalue weighted by Crippen LogP contribution is 2.35. The van der Waals surface area contributed by atoms with Gasteiger partial charge in [0.05, 0.1) is 11.0 Å². The van der Waals surface area contributed by atoms with Crippen LogP contribution in [-0.2, 0) is 5.54 Å². The molecule has 32 heavy (non-hydrogen) atoms. The van der Waals surface area contributed by atoms with Crippen molar-refractivity contribution in [3.05, 3.63) is 60.4 Å². The van der Waals surface area contributed by atoms with E-state index < -0.39 is 0 Å². The van der Waals surface area contributed by atoms with Gasteiger partial charge in [0.2, 0.25) is 5.95 Å². The second-order valence-electron chi connectivity index (χ2n) is 9.54. The maximum absolute atomic E-state index is 13.0. The number of anilines is 1. The molecule has 2 N–H and O–H groups in total. The maximum Gasteiger partial charge on any atom is 0.219 e. The fraction of sp³-hybridized carbons (Fsp3) is 0.308. The summed E-state index contributed by atoms with van der Waals surface area (Å²) in [5.74, 6) is 1.48. The number of hydrogen-bond acceptors (Lipinski definition) is 5. The minimum absolute atomic E-state index is 0.142. The van der Waals surface area contributed by atoms with Crippen LogP contribution in [0.4, 0.5) is 5.95 Å². The van der Waals surface area contributed by atoms with E-state index >= 15 is 0 Å². The highest BCUT2D eigenvalue weighted by Gasteiger charge is 2.25. The molecule has 0 aliphatic heterocycles. The number of benzene rings is 2. The zero-order valence-electron chi connectivity index (χ0n) is 19.3. The van der Waals surface area contributed by atoms with Gasteiger partial charge in [0.15, 0.2) is 5.78 Å². The van der Waals surface area contributed by atoms with Gasteiger partial charge in [-0.15, -0.1) is 0 Å². The lowest BCUT2D eigenvalue weighted by Gasteiger charge is -2.25. The topological polar surface area (TPSA) is 86.7 Å². The van der Waals surface area contributed by atoms with Gasteiger partial charge in [-0.25, -0.2) is 15.0 Å². The maximum atomic E-state index is 13.0. The Morgan fingerprint density at radius 3 is 2.38 bits per heavy atom. The van der Waals surface area contributed by atoms with Crippen LogP contribution in [0.2, 0.25) is 0 Å². The van der Waals surface area contributed by atoms with Crippen molar-refractivity contribution < 1.29 is 4.79 Å². The predicted molar refractivity (Wildman–Crippen MR) is 129 cm³/mol. The summed E-state index contributed by atoms with van der Waals surface area (Å²) in [5, 5.41) is 0. The zero-order valence-corrected chi connectivity index (χ0v) is 19.3. The Kier molecular flexibility index (Phi) is 5.55. The average molecular weight is 428 g/mol. The molecule has 6 nitrogen and oxygen atoms in total. The minimum Gasteiger partial charge on any atom is -0.368 e. The number of imidazole rings is 1. The average Bonchev–Trinajstić information content (AvgIpc) is 3.13. The van der Waals surface area contributed by atoms with E-state index in [-0.39, 0.29) is 17.3 Å². The lowest BCUT2D eigenvalue weighted by molar-refractivity contribution is 0.0968. The van der Waals surface area contributed by atoms with Gasteiger partial charge in [-0.3, -0.25) is 4.79 Å². The van der Waals surface area contributed by atoms with Crippen LogP contribution < -0.4 is 5.73 Å². The van der Waals surface area contributed by atoms with Gasteiger partial charge in [-0.2, -0.15) is 0 Å². The molecule has 0 amide bonds. The second kappa shape index (κ2) is 8.19. The molecule has 0 saturated heterocycles. The first-order valence-corrected chi connectivity index (χ1v) is 10.9. The third-order valence-corrected chi connectivity index (χ3v) is 5.39. The molecular formula is C26H29N5O. The summed E-state index contributed by atoms with van der Waals surface area (Å²) in [6.07, 6.45) is 3.93. The van der Waals surface area contributed by atoms with Crippen LogP contribution in [0.25, 0.3) is 33.5 Å². The highest BCUT2D eigenvalue weighted by molar-refractivity contribution is 6.02. The van der Waals surface area contributed by atoms with E-state index in [0.717, 1.165) is 33.5 Å². The molecule has 164 valence electrons. The fourth-order valence-electron chi connectivity index (χ4n) is 4.01. The van der Waals surface area contributed by atoms with Crippen molar-refractivity contribution in [1.82, 2.24) is 19.5 Å². The summed E-state index contributed by atoms with van der Waals surface area (Å²) in [5.41, 5.74) is 10.7. The number of nitrogens with two attached hydrogens (primary N) is 1. The van der Waals surface area contributed by atoms with Crippen LogP contribution in [0, 0.1) is 5.92 Å². The number of hydrogen-bond donors (Lipinski definition) is 1. The van der Waals surface area contributed by atoms with Gasteiger partial charge in [0.25, 0.3) is 0 Å². The number of rotatable bonds is 5. The first-order valence-electron chi connectivity index (χ1n) is 10.9. The Balaban J connectivity index is 1.92. The molecule has 0 spiro atoms. The Labute approximate surface area is 188 Å². The molecule has 2 aromatic carbocycles. The van der Waals surface area contributed by atoms with Crippen LogP contribution in [0.5, 0.6) is 0 Å². The third kappa shape index (κ3) is 4.13. The molecule has 4 aromatic rings. The fourth-order valence-corrected chi connectivity index (χ4v) is 4.01. The van der Waals surface area contributed by atoms with E-state index in [1.165, 1.54) is 0 Å². The van der Waals surface area contributed by atoms with E-state index in [0.29, 0.717) is 17.9 Å². The number of aromatic nitrogens is 4. The minimum atomic E-state index is -0.232. The molecule has 0 bridgehead atoms. The Hall–Kier alpha value is -3.54. The van der Waals surface area contributed by atoms with Gasteiger partial charge < -0.3 is 10.3 Å². The molecular weight excluding hydrogens is 398 g/mol. The smallest absolute Gasteiger partial charge is 0.219 e. The summed E-state index contributed by atoms with van der Waals surface area (Å²) in [4.78, 5) is 26.3. The number of fused-ring (bicyclic) bond motifs is 1. The second-order valence-corrected chi connectivity index (χ2v) is 9.54. The third-order valence-electron chi connectivity index (χ3n) is 5.39. The van der Waals surface area contributed by atoms with Crippen molar-refractivity contribution in [2.24, 2.45) is 5.92 Å². The van der Waals surface area contributed by atoms with Crippen LogP contribution >= 0.6 is 0 Å². The zero-order chi connectivity index (χ0) is 23.0. The quantitative estimate of drug-likeness (QED) is 0.411. The van der Waals surface area contributed by atoms with E-state index in [1.807, 2.05) is 36.4 Å². The first-order chi connectivity index (χ1) is 15.1. The summed E-state index contributed by atoms with van der Waals surface area (Å²) in [6.45, 7) is 10.6. The van der Waals surface area contributed by atoms with Crippen molar-refractivity contribution in [2.45, 2.75) is 46.6 Å². The predicted octanol–water partition coefficient (Wildman–Crippen LogP) is 5.73. The number of nitrogens with zero attached hydrogens (tertiary/aromatic N) is 4. The standard InChI is InChI=1S/C26H29N5O/c1-16(2)12-23(32)19-8-6-7-9-20(19)24-30-21-13-17(18-14-28-25(27)29-15-18)10-11-22(21)31(24)26(3,4)5/h6-11,13-16H,12H2,1-5H3,(H2,27,28,29). The molecule has 2 heterocycles. The van der Waals surface area contributed by atoms with Crippen LogP contribution in [-0.4, -0.2) is 25.3 Å². The summed E-state index contributed by atoms with van der Waals surface area (Å²) < 4.78 is 2.22. The highest BCUT2D eigenvalue weighted by atomic mass is 16.1. The van der Waals surface area contributed by atoms with E-state index in [9.17, 15) is 4.79 Å². The first kappa shape index (κ1) is 21.7. The number of ketones is 1. The Morgan fingerprint density at radius 1 is 1.03 bits per heavy atom. The summed E-state index contributed by atoms with van der Waals surface area (Å²) in [7, 11) is 0. The molecule has 0 unspecified atom stereocenters. The molecule has 0 saturated carbocycles. The number of Topliss-reactive ketones (excluding diaryl/α,β-unsaturated/α-hetero) is 1. The number of nitrogen functional groups attached to an aromatic ring is 1. The lowest BCUT2D eigenvalue weighted by atomic mass is 9.96. The molecule has 0 radical (unpaired) electrons. The van der Waals surface area contributed by atoms with Crippen molar-refractivity contribution >= 4 is 22.8 Å². The van der Waals surface area contributed by atoms with Crippen LogP contribution in [0.1, 0.15) is 51.4 Å². The number of carbonyl (C=O) groups excluding carboxylic acids is 1. The van der Waals surface area contributed by atoms with Gasteiger partial charge >= 0.3 is 0 Å². The van der Waals surface area contributed by atoms with E-state index in [4.69, 9.17) is 10.7 Å². The van der Waals surface area contributed by atoms with Crippen molar-refractivity contribution in [1.29, 1.82) is 0 Å². The normalized spacial score (nSPS) is 11.9. The largest absolute Gasteiger partial charge is 0.368 e. The lowest BCUT2D eigenvalue weighted by Crippen LogP contribution is -2.23. The summed E-state index contributed by atoms with van der Waals surface area (Å²) >= 11 is 0. The van der Waals surface area contributed by atoms with Gasteiger partial charge in [-0.1, -0.05) is 44.2 Å². The molecule has 6 heteroatoms. The summed E-state index contributed by atoms with van der Waals surface area (Å²) in [6, 6.07) is 13.9. The van der Waals surface area contributed by atoms with Gasteiger partial charge in [0.1, 0.15) is 5.82 Å². The SMILES string of the molecule is CC(C)CC(=O)c1ccccc1-c1nc2cc(-c3cnc(N)nc3)ccc2n1C(C)(C)C. The molecule has 0 aliphatic carbocycles. The Bertz CT molecular complexity index is 1280. The van der Waals surface area contributed by atoms with Crippen molar-refractivity contribution in [2.75, 3.05) is 5.73 Å². The van der Waals surface area contributed by atoms with Crippen molar-refractivity contribution in [3.8, 4) is 22.5 Å². The van der Waals surface area contributed by atoms with E-state index in [2.05, 4.69) is 55.2 Å². The molecule has 4 rings (SSSR count). The monoisotopic (exact) mass is 427 g/mol. The van der Waals surface area contributed by atoms with Gasteiger partial charge in [-0.05, 0) is 44.4 Å². The number of carbonyl (C=O) groups is 1. The Morgan fingerprint density at radius 2 is 1.72 bits per heavy atom.